The standard InChI is InChI=1S/C22H24F3N3O3S/c1-2-27-11-13-28(14-12-27)18-7-5-17(6-8-18)26-20(29)15-31-21(30)16-3-9-19(10-4-16)32-22(23,24)25/h3-10H,2,11-15H2,1H3,(H,26,29). The maximum Gasteiger partial charge on any atom is 0.446 e. The lowest BCUT2D eigenvalue weighted by Gasteiger charge is -2.35. The molecule has 0 aliphatic carbocycles. The highest BCUT2D eigenvalue weighted by Gasteiger charge is 2.29. The number of nitrogens with zero attached hydrogens (tertiary/aromatic N) is 2. The molecule has 0 bridgehead atoms. The summed E-state index contributed by atoms with van der Waals surface area (Å²) in [6.45, 7) is 6.63. The van der Waals surface area contributed by atoms with Gasteiger partial charge in [0.2, 0.25) is 0 Å². The number of carbonyl (C=O) groups is 2. The number of alkyl halides is 3. The van der Waals surface area contributed by atoms with Crippen LogP contribution in [0.3, 0.4) is 0 Å². The number of esters is 1. The fraction of sp³-hybridized carbons (Fsp3) is 0.364. The van der Waals surface area contributed by atoms with Crippen LogP contribution in [0.1, 0.15) is 17.3 Å². The van der Waals surface area contributed by atoms with Crippen molar-refractivity contribution in [1.82, 2.24) is 4.90 Å². The van der Waals surface area contributed by atoms with Gasteiger partial charge >= 0.3 is 11.5 Å². The Bertz CT molecular complexity index is 913. The van der Waals surface area contributed by atoms with E-state index in [1.54, 1.807) is 12.1 Å². The Kier molecular flexibility index (Phi) is 8.03. The van der Waals surface area contributed by atoms with Crippen molar-refractivity contribution in [3.8, 4) is 0 Å². The van der Waals surface area contributed by atoms with E-state index in [1.165, 1.54) is 24.3 Å². The van der Waals surface area contributed by atoms with Gasteiger partial charge in [0.25, 0.3) is 5.91 Å². The number of hydrogen-bond donors (Lipinski definition) is 1. The van der Waals surface area contributed by atoms with E-state index in [0.29, 0.717) is 5.69 Å². The molecule has 0 spiro atoms. The molecule has 2 aromatic carbocycles. The lowest BCUT2D eigenvalue weighted by atomic mass is 10.2. The Morgan fingerprint density at radius 3 is 2.19 bits per heavy atom. The van der Waals surface area contributed by atoms with E-state index in [0.717, 1.165) is 38.4 Å². The second kappa shape index (κ2) is 10.7. The third kappa shape index (κ3) is 7.16. The van der Waals surface area contributed by atoms with E-state index in [4.69, 9.17) is 4.74 Å². The molecule has 1 amide bonds. The van der Waals surface area contributed by atoms with Crippen LogP contribution in [0.2, 0.25) is 0 Å². The van der Waals surface area contributed by atoms with Crippen molar-refractivity contribution < 1.29 is 27.5 Å². The molecule has 1 heterocycles. The summed E-state index contributed by atoms with van der Waals surface area (Å²) < 4.78 is 42.0. The van der Waals surface area contributed by atoms with Crippen molar-refractivity contribution in [3.63, 3.8) is 0 Å². The summed E-state index contributed by atoms with van der Waals surface area (Å²) >= 11 is -0.270. The second-order valence-corrected chi connectivity index (χ2v) is 8.30. The molecule has 6 nitrogen and oxygen atoms in total. The van der Waals surface area contributed by atoms with E-state index in [-0.39, 0.29) is 22.2 Å². The first-order chi connectivity index (χ1) is 15.2. The molecular weight excluding hydrogens is 443 g/mol. The number of thioether (sulfide) groups is 1. The molecule has 2 aromatic rings. The molecule has 3 rings (SSSR count). The van der Waals surface area contributed by atoms with Gasteiger partial charge in [-0.1, -0.05) is 6.92 Å². The highest BCUT2D eigenvalue weighted by Crippen LogP contribution is 2.36. The first-order valence-corrected chi connectivity index (χ1v) is 11.0. The zero-order valence-electron chi connectivity index (χ0n) is 17.5. The maximum atomic E-state index is 12.4. The van der Waals surface area contributed by atoms with Gasteiger partial charge in [0, 0.05) is 42.4 Å². The van der Waals surface area contributed by atoms with Crippen molar-refractivity contribution in [2.24, 2.45) is 0 Å². The first-order valence-electron chi connectivity index (χ1n) is 10.1. The van der Waals surface area contributed by atoms with Crippen LogP contribution in [0, 0.1) is 0 Å². The summed E-state index contributed by atoms with van der Waals surface area (Å²) in [6.07, 6.45) is 0. The van der Waals surface area contributed by atoms with Crippen LogP contribution in [0.25, 0.3) is 0 Å². The van der Waals surface area contributed by atoms with E-state index in [9.17, 15) is 22.8 Å². The SMILES string of the molecule is CCN1CCN(c2ccc(NC(=O)COC(=O)c3ccc(SC(F)(F)F)cc3)cc2)CC1. The number of likely N-dealkylation sites (N-methyl/N-ethyl adjacent to an activating group) is 1. The minimum absolute atomic E-state index is 0.0394. The molecule has 1 fully saturated rings. The first kappa shape index (κ1) is 23.9. The van der Waals surface area contributed by atoms with Gasteiger partial charge < -0.3 is 19.9 Å². The molecule has 0 unspecified atom stereocenters. The quantitative estimate of drug-likeness (QED) is 0.486. The van der Waals surface area contributed by atoms with Crippen molar-refractivity contribution in [2.75, 3.05) is 49.5 Å². The average Bonchev–Trinajstić information content (AvgIpc) is 2.77. The normalized spacial score (nSPS) is 14.8. The number of piperazine rings is 1. The molecule has 1 saturated heterocycles. The molecular formula is C22H24F3N3O3S. The lowest BCUT2D eigenvalue weighted by Crippen LogP contribution is -2.46. The number of benzene rings is 2. The fourth-order valence-electron chi connectivity index (χ4n) is 3.28. The van der Waals surface area contributed by atoms with Crippen LogP contribution >= 0.6 is 11.8 Å². The molecule has 32 heavy (non-hydrogen) atoms. The largest absolute Gasteiger partial charge is 0.452 e. The third-order valence-corrected chi connectivity index (χ3v) is 5.73. The zero-order chi connectivity index (χ0) is 23.1. The monoisotopic (exact) mass is 467 g/mol. The predicted octanol–water partition coefficient (Wildman–Crippen LogP) is 4.24. The molecule has 1 aliphatic heterocycles. The minimum Gasteiger partial charge on any atom is -0.452 e. The predicted molar refractivity (Wildman–Crippen MR) is 118 cm³/mol. The summed E-state index contributed by atoms with van der Waals surface area (Å²) in [4.78, 5) is 28.7. The van der Waals surface area contributed by atoms with Gasteiger partial charge in [0.15, 0.2) is 6.61 Å². The van der Waals surface area contributed by atoms with Gasteiger partial charge in [-0.05, 0) is 66.8 Å². The van der Waals surface area contributed by atoms with Crippen LogP contribution in [-0.4, -0.2) is 61.6 Å². The molecule has 172 valence electrons. The summed E-state index contributed by atoms with van der Waals surface area (Å²) in [6, 6.07) is 12.3. The maximum absolute atomic E-state index is 12.4. The highest BCUT2D eigenvalue weighted by atomic mass is 32.2. The summed E-state index contributed by atoms with van der Waals surface area (Å²) in [5.74, 6) is -1.29. The topological polar surface area (TPSA) is 61.9 Å². The molecule has 0 aromatic heterocycles. The van der Waals surface area contributed by atoms with Crippen LogP contribution in [0.4, 0.5) is 24.5 Å². The van der Waals surface area contributed by atoms with Gasteiger partial charge in [-0.2, -0.15) is 13.2 Å². The Labute approximate surface area is 188 Å². The summed E-state index contributed by atoms with van der Waals surface area (Å²) in [5.41, 5.74) is -2.67. The second-order valence-electron chi connectivity index (χ2n) is 7.16. The Morgan fingerprint density at radius 1 is 1.00 bits per heavy atom. The number of hydrogen-bond acceptors (Lipinski definition) is 6. The van der Waals surface area contributed by atoms with E-state index in [2.05, 4.69) is 22.0 Å². The van der Waals surface area contributed by atoms with Crippen molar-refractivity contribution >= 4 is 35.0 Å². The molecule has 10 heteroatoms. The lowest BCUT2D eigenvalue weighted by molar-refractivity contribution is -0.119. The zero-order valence-corrected chi connectivity index (χ0v) is 18.3. The number of carbonyl (C=O) groups excluding carboxylic acids is 2. The number of nitrogens with one attached hydrogen (secondary N) is 1. The van der Waals surface area contributed by atoms with Gasteiger partial charge in [0.1, 0.15) is 0 Å². The van der Waals surface area contributed by atoms with Crippen LogP contribution in [-0.2, 0) is 9.53 Å². The molecule has 1 N–H and O–H groups in total. The number of ether oxygens (including phenoxy) is 1. The van der Waals surface area contributed by atoms with Crippen molar-refractivity contribution in [2.45, 2.75) is 17.3 Å². The van der Waals surface area contributed by atoms with Gasteiger partial charge in [-0.3, -0.25) is 4.79 Å². The number of rotatable bonds is 7. The Morgan fingerprint density at radius 2 is 1.62 bits per heavy atom. The highest BCUT2D eigenvalue weighted by molar-refractivity contribution is 8.00. The minimum atomic E-state index is -4.40. The van der Waals surface area contributed by atoms with Crippen LogP contribution < -0.4 is 10.2 Å². The number of halogens is 3. The molecule has 0 atom stereocenters. The number of anilines is 2. The fourth-order valence-corrected chi connectivity index (χ4v) is 3.82. The van der Waals surface area contributed by atoms with E-state index >= 15 is 0 Å². The summed E-state index contributed by atoms with van der Waals surface area (Å²) in [5, 5.41) is 2.66. The van der Waals surface area contributed by atoms with Crippen molar-refractivity contribution in [1.29, 1.82) is 0 Å². The Balaban J connectivity index is 1.45. The van der Waals surface area contributed by atoms with Crippen molar-refractivity contribution in [3.05, 3.63) is 54.1 Å². The average molecular weight is 468 g/mol. The third-order valence-electron chi connectivity index (χ3n) is 4.99. The van der Waals surface area contributed by atoms with Crippen LogP contribution in [0.15, 0.2) is 53.4 Å². The van der Waals surface area contributed by atoms with Gasteiger partial charge in [0.05, 0.1) is 5.56 Å². The summed E-state index contributed by atoms with van der Waals surface area (Å²) in [7, 11) is 0. The molecule has 0 saturated carbocycles. The number of amides is 1. The molecule has 1 aliphatic rings. The van der Waals surface area contributed by atoms with E-state index < -0.39 is 24.0 Å². The van der Waals surface area contributed by atoms with Gasteiger partial charge in [-0.25, -0.2) is 4.79 Å². The van der Waals surface area contributed by atoms with E-state index in [1.807, 2.05) is 12.1 Å². The van der Waals surface area contributed by atoms with Crippen LogP contribution in [0.5, 0.6) is 0 Å². The Hall–Kier alpha value is -2.72. The molecule has 0 radical (unpaired) electrons. The van der Waals surface area contributed by atoms with Gasteiger partial charge in [-0.15, -0.1) is 0 Å². The smallest absolute Gasteiger partial charge is 0.446 e.